The third-order valence-electron chi connectivity index (χ3n) is 10.5. The minimum atomic E-state index is -0.162. The molecule has 5 N–H and O–H groups in total. The van der Waals surface area contributed by atoms with Crippen LogP contribution in [0, 0.1) is 5.92 Å². The summed E-state index contributed by atoms with van der Waals surface area (Å²) in [6, 6.07) is 10.3. The maximum atomic E-state index is 11.3. The number of anilines is 3. The van der Waals surface area contributed by atoms with E-state index >= 15 is 0 Å². The van der Waals surface area contributed by atoms with E-state index in [9.17, 15) is 9.90 Å². The number of amides is 1. The fourth-order valence-electron chi connectivity index (χ4n) is 8.16. The molecule has 7 rings (SSSR count). The Morgan fingerprint density at radius 3 is 2.20 bits per heavy atom. The third kappa shape index (κ3) is 5.77. The van der Waals surface area contributed by atoms with Crippen molar-refractivity contribution < 1.29 is 9.90 Å². The highest BCUT2D eigenvalue weighted by Gasteiger charge is 2.42. The molecule has 2 atom stereocenters. The fourth-order valence-corrected chi connectivity index (χ4v) is 8.16. The number of nitrogen functional groups attached to an aromatic ring is 1. The molecule has 44 heavy (non-hydrogen) atoms. The number of aromatic nitrogens is 4. The molecule has 4 aliphatic rings. The summed E-state index contributed by atoms with van der Waals surface area (Å²) in [5, 5.41) is 18.8. The van der Waals surface area contributed by atoms with Crippen LogP contribution in [0.15, 0.2) is 42.7 Å². The molecule has 1 saturated carbocycles. The SMILES string of the molecule is NC(=O)CC1CCC(N2CCC(c3cnc(N4C5CCC4CN(c4cc(-c6ccccc6O)nnc4N)C5)nc3)CC2)CC1. The molecule has 4 fully saturated rings. The number of piperidine rings is 1. The Hall–Kier alpha value is -3.99. The van der Waals surface area contributed by atoms with Crippen molar-refractivity contribution >= 4 is 23.4 Å². The lowest BCUT2D eigenvalue weighted by molar-refractivity contribution is -0.119. The number of rotatable bonds is 7. The van der Waals surface area contributed by atoms with Crippen LogP contribution in [0.5, 0.6) is 5.75 Å². The molecule has 5 heterocycles. The van der Waals surface area contributed by atoms with Crippen molar-refractivity contribution in [3.8, 4) is 17.0 Å². The van der Waals surface area contributed by atoms with E-state index in [2.05, 4.69) is 37.3 Å². The number of para-hydroxylation sites is 1. The Morgan fingerprint density at radius 1 is 0.886 bits per heavy atom. The smallest absolute Gasteiger partial charge is 0.225 e. The molecule has 1 aromatic carbocycles. The summed E-state index contributed by atoms with van der Waals surface area (Å²) in [5.41, 5.74) is 15.1. The van der Waals surface area contributed by atoms with Crippen molar-refractivity contribution in [1.82, 2.24) is 25.1 Å². The maximum absolute atomic E-state index is 11.3. The van der Waals surface area contributed by atoms with Gasteiger partial charge in [0.1, 0.15) is 5.75 Å². The molecule has 3 aromatic rings. The van der Waals surface area contributed by atoms with Crippen LogP contribution in [-0.2, 0) is 4.79 Å². The van der Waals surface area contributed by atoms with Crippen molar-refractivity contribution in [1.29, 1.82) is 0 Å². The quantitative estimate of drug-likeness (QED) is 0.368. The number of phenolic OH excluding ortho intramolecular Hbond substituents is 1. The standard InChI is InChI=1S/C33H43N9O2/c34-31(44)15-21-5-7-24(8-6-21)40-13-11-22(12-14-40)23-17-36-33(37-18-23)42-25-9-10-26(42)20-41(19-25)29-16-28(38-39-32(29)35)27-3-1-2-4-30(27)43/h1-4,16-18,21-22,24-26,43H,5-15,19-20H2,(H2,34,44)(H2,35,39). The Balaban J connectivity index is 0.965. The van der Waals surface area contributed by atoms with E-state index in [4.69, 9.17) is 21.4 Å². The number of carbonyl (C=O) groups is 1. The first-order chi connectivity index (χ1) is 21.4. The minimum Gasteiger partial charge on any atom is -0.507 e. The Kier molecular flexibility index (Phi) is 7.97. The van der Waals surface area contributed by atoms with Crippen LogP contribution in [0.2, 0.25) is 0 Å². The average molecular weight is 598 g/mol. The number of phenols is 1. The van der Waals surface area contributed by atoms with Crippen LogP contribution in [-0.4, -0.2) is 80.4 Å². The van der Waals surface area contributed by atoms with Crippen molar-refractivity contribution in [2.45, 2.75) is 81.8 Å². The lowest BCUT2D eigenvalue weighted by Gasteiger charge is -2.42. The zero-order valence-electron chi connectivity index (χ0n) is 25.3. The van der Waals surface area contributed by atoms with Gasteiger partial charge in [-0.3, -0.25) is 4.79 Å². The number of likely N-dealkylation sites (tertiary alicyclic amines) is 1. The lowest BCUT2D eigenvalue weighted by Crippen LogP contribution is -2.54. The summed E-state index contributed by atoms with van der Waals surface area (Å²) in [5.74, 6) is 2.21. The Labute approximate surface area is 258 Å². The summed E-state index contributed by atoms with van der Waals surface area (Å²) >= 11 is 0. The zero-order valence-corrected chi connectivity index (χ0v) is 25.3. The van der Waals surface area contributed by atoms with Gasteiger partial charge in [0.25, 0.3) is 0 Å². The highest BCUT2D eigenvalue weighted by atomic mass is 16.3. The van der Waals surface area contributed by atoms with Gasteiger partial charge in [-0.05, 0) is 100 Å². The van der Waals surface area contributed by atoms with E-state index in [0.717, 1.165) is 76.3 Å². The topological polar surface area (TPSA) is 151 Å². The molecule has 2 bridgehead atoms. The Morgan fingerprint density at radius 2 is 1.55 bits per heavy atom. The van der Waals surface area contributed by atoms with Crippen molar-refractivity contribution in [3.05, 3.63) is 48.3 Å². The number of carbonyl (C=O) groups excluding carboxylic acids is 1. The van der Waals surface area contributed by atoms with Gasteiger partial charge in [-0.25, -0.2) is 9.97 Å². The number of fused-ring (bicyclic) bond motifs is 2. The van der Waals surface area contributed by atoms with E-state index < -0.39 is 0 Å². The van der Waals surface area contributed by atoms with Gasteiger partial charge in [0, 0.05) is 55.6 Å². The van der Waals surface area contributed by atoms with E-state index in [1.807, 2.05) is 18.2 Å². The van der Waals surface area contributed by atoms with Gasteiger partial charge in [-0.2, -0.15) is 0 Å². The van der Waals surface area contributed by atoms with E-state index in [-0.39, 0.29) is 11.7 Å². The molecule has 232 valence electrons. The lowest BCUT2D eigenvalue weighted by atomic mass is 9.82. The average Bonchev–Trinajstić information content (AvgIpc) is 3.30. The third-order valence-corrected chi connectivity index (χ3v) is 10.5. The van der Waals surface area contributed by atoms with Crippen molar-refractivity contribution in [2.24, 2.45) is 11.7 Å². The second-order valence-corrected chi connectivity index (χ2v) is 13.2. The first kappa shape index (κ1) is 28.8. The fraction of sp³-hybridized carbons (Fsp3) is 0.545. The molecular formula is C33H43N9O2. The van der Waals surface area contributed by atoms with Crippen LogP contribution >= 0.6 is 0 Å². The molecule has 0 spiro atoms. The number of aromatic hydroxyl groups is 1. The van der Waals surface area contributed by atoms with Gasteiger partial charge >= 0.3 is 0 Å². The van der Waals surface area contributed by atoms with Gasteiger partial charge < -0.3 is 31.3 Å². The van der Waals surface area contributed by atoms with Gasteiger partial charge in [-0.1, -0.05) is 12.1 Å². The monoisotopic (exact) mass is 597 g/mol. The highest BCUT2D eigenvalue weighted by molar-refractivity contribution is 5.75. The van der Waals surface area contributed by atoms with E-state index in [0.29, 0.717) is 53.5 Å². The summed E-state index contributed by atoms with van der Waals surface area (Å²) < 4.78 is 0. The number of piperazine rings is 1. The molecule has 3 aliphatic heterocycles. The largest absolute Gasteiger partial charge is 0.507 e. The van der Waals surface area contributed by atoms with E-state index in [1.54, 1.807) is 12.1 Å². The molecule has 2 unspecified atom stereocenters. The second-order valence-electron chi connectivity index (χ2n) is 13.2. The maximum Gasteiger partial charge on any atom is 0.225 e. The molecule has 0 radical (unpaired) electrons. The van der Waals surface area contributed by atoms with Crippen LogP contribution < -0.4 is 21.3 Å². The molecule has 2 aromatic heterocycles. The van der Waals surface area contributed by atoms with Gasteiger partial charge in [0.15, 0.2) is 5.82 Å². The van der Waals surface area contributed by atoms with Crippen LogP contribution in [0.3, 0.4) is 0 Å². The minimum absolute atomic E-state index is 0.162. The van der Waals surface area contributed by atoms with Crippen LogP contribution in [0.4, 0.5) is 17.5 Å². The first-order valence-corrected chi connectivity index (χ1v) is 16.2. The number of nitrogens with two attached hydrogens (primary N) is 2. The van der Waals surface area contributed by atoms with Crippen LogP contribution in [0.1, 0.15) is 69.3 Å². The number of hydrogen-bond acceptors (Lipinski definition) is 10. The van der Waals surface area contributed by atoms with Crippen molar-refractivity contribution in [2.75, 3.05) is 41.7 Å². The zero-order chi connectivity index (χ0) is 30.2. The first-order valence-electron chi connectivity index (χ1n) is 16.2. The van der Waals surface area contributed by atoms with Crippen LogP contribution in [0.25, 0.3) is 11.3 Å². The number of primary amides is 1. The van der Waals surface area contributed by atoms with Gasteiger partial charge in [0.05, 0.1) is 11.4 Å². The number of benzene rings is 1. The van der Waals surface area contributed by atoms with Crippen molar-refractivity contribution in [3.63, 3.8) is 0 Å². The molecule has 11 heteroatoms. The van der Waals surface area contributed by atoms with Gasteiger partial charge in [0.2, 0.25) is 11.9 Å². The normalized spacial score (nSPS) is 26.2. The number of hydrogen-bond donors (Lipinski definition) is 3. The molecule has 1 aliphatic carbocycles. The molecule has 3 saturated heterocycles. The predicted molar refractivity (Wildman–Crippen MR) is 170 cm³/mol. The summed E-state index contributed by atoms with van der Waals surface area (Å²) in [6.45, 7) is 3.84. The molecule has 11 nitrogen and oxygen atoms in total. The summed E-state index contributed by atoms with van der Waals surface area (Å²) in [7, 11) is 0. The molecular weight excluding hydrogens is 554 g/mol. The van der Waals surface area contributed by atoms with E-state index in [1.165, 1.54) is 18.4 Å². The molecule has 1 amide bonds. The summed E-state index contributed by atoms with van der Waals surface area (Å²) in [6.07, 6.45) is 13.7. The van der Waals surface area contributed by atoms with Gasteiger partial charge in [-0.15, -0.1) is 10.2 Å². The Bertz CT molecular complexity index is 1450. The highest BCUT2D eigenvalue weighted by Crippen LogP contribution is 2.39. The number of nitrogens with zero attached hydrogens (tertiary/aromatic N) is 7. The predicted octanol–water partition coefficient (Wildman–Crippen LogP) is 3.69. The second kappa shape index (κ2) is 12.2. The summed E-state index contributed by atoms with van der Waals surface area (Å²) in [4.78, 5) is 28.5.